The molecule has 0 N–H and O–H groups in total. The van der Waals surface area contributed by atoms with Gasteiger partial charge >= 0.3 is 17.9 Å². The van der Waals surface area contributed by atoms with E-state index >= 15 is 0 Å². The Bertz CT molecular complexity index is 1280. The van der Waals surface area contributed by atoms with Crippen molar-refractivity contribution in [2.45, 2.75) is 232 Å². The first kappa shape index (κ1) is 59.3. The molecule has 0 aliphatic carbocycles. The third-order valence-electron chi connectivity index (χ3n) is 10.7. The van der Waals surface area contributed by atoms with Crippen LogP contribution in [0.4, 0.5) is 0 Å². The molecule has 63 heavy (non-hydrogen) atoms. The molecule has 0 bridgehead atoms. The zero-order chi connectivity index (χ0) is 45.8. The second-order valence-electron chi connectivity index (χ2n) is 16.8. The van der Waals surface area contributed by atoms with Gasteiger partial charge in [0.2, 0.25) is 0 Å². The van der Waals surface area contributed by atoms with E-state index in [0.29, 0.717) is 19.3 Å². The third kappa shape index (κ3) is 49.2. The topological polar surface area (TPSA) is 78.9 Å². The second kappa shape index (κ2) is 51.0. The third-order valence-corrected chi connectivity index (χ3v) is 10.7. The molecule has 0 aromatic heterocycles. The summed E-state index contributed by atoms with van der Waals surface area (Å²) in [4.78, 5) is 37.9. The van der Waals surface area contributed by atoms with Crippen molar-refractivity contribution < 1.29 is 28.6 Å². The van der Waals surface area contributed by atoms with Crippen molar-refractivity contribution in [3.8, 4) is 0 Å². The molecule has 0 aromatic carbocycles. The second-order valence-corrected chi connectivity index (χ2v) is 16.8. The number of carbonyl (C=O) groups excluding carboxylic acids is 3. The van der Waals surface area contributed by atoms with Crippen LogP contribution in [-0.2, 0) is 28.6 Å². The lowest BCUT2D eigenvalue weighted by molar-refractivity contribution is -0.166. The van der Waals surface area contributed by atoms with E-state index in [9.17, 15) is 14.4 Å². The Labute approximate surface area is 387 Å². The largest absolute Gasteiger partial charge is 0.462 e. The van der Waals surface area contributed by atoms with Crippen LogP contribution in [0.25, 0.3) is 0 Å². The fourth-order valence-electron chi connectivity index (χ4n) is 6.80. The van der Waals surface area contributed by atoms with Gasteiger partial charge in [-0.15, -0.1) is 0 Å². The highest BCUT2D eigenvalue weighted by Crippen LogP contribution is 2.13. The van der Waals surface area contributed by atoms with E-state index < -0.39 is 6.10 Å². The minimum atomic E-state index is -0.824. The van der Waals surface area contributed by atoms with Crippen molar-refractivity contribution in [3.05, 3.63) is 97.2 Å². The summed E-state index contributed by atoms with van der Waals surface area (Å²) in [5.74, 6) is -1.04. The van der Waals surface area contributed by atoms with Gasteiger partial charge in [-0.05, 0) is 83.5 Å². The maximum Gasteiger partial charge on any atom is 0.306 e. The maximum atomic E-state index is 12.8. The Balaban J connectivity index is 4.52. The predicted octanol–water partition coefficient (Wildman–Crippen LogP) is 17.0. The van der Waals surface area contributed by atoms with Crippen molar-refractivity contribution in [2.75, 3.05) is 13.2 Å². The van der Waals surface area contributed by atoms with Crippen LogP contribution in [0, 0.1) is 0 Å². The normalized spacial score (nSPS) is 12.9. The van der Waals surface area contributed by atoms with E-state index in [1.807, 2.05) is 54.7 Å². The van der Waals surface area contributed by atoms with Crippen LogP contribution in [0.5, 0.6) is 0 Å². The van der Waals surface area contributed by atoms with Gasteiger partial charge in [-0.2, -0.15) is 0 Å². The Morgan fingerprint density at radius 3 is 1.22 bits per heavy atom. The number of allylic oxidation sites excluding steroid dienone is 16. The first-order valence-corrected chi connectivity index (χ1v) is 25.8. The van der Waals surface area contributed by atoms with Crippen molar-refractivity contribution in [1.29, 1.82) is 0 Å². The molecular formula is C57H94O6. The van der Waals surface area contributed by atoms with Crippen molar-refractivity contribution in [3.63, 3.8) is 0 Å². The number of hydrogen-bond donors (Lipinski definition) is 0. The summed E-state index contributed by atoms with van der Waals surface area (Å²) in [7, 11) is 0. The van der Waals surface area contributed by atoms with Gasteiger partial charge in [-0.1, -0.05) is 221 Å². The minimum absolute atomic E-state index is 0.115. The van der Waals surface area contributed by atoms with E-state index in [1.54, 1.807) is 0 Å². The SMILES string of the molecule is CC\C=C/C=C\C=C/C=C\C=C/CCCCCC(=O)OC(COC(=O)CC/C=C\C/C=C\CCCCCCCC)COC(=O)CCCCCCCCC/C=C\CCCCCCCC. The first-order chi connectivity index (χ1) is 31.0. The predicted molar refractivity (Wildman–Crippen MR) is 270 cm³/mol. The van der Waals surface area contributed by atoms with E-state index in [0.717, 1.165) is 57.8 Å². The summed E-state index contributed by atoms with van der Waals surface area (Å²) in [6.07, 6.45) is 66.9. The van der Waals surface area contributed by atoms with Gasteiger partial charge < -0.3 is 14.2 Å². The molecule has 0 amide bonds. The van der Waals surface area contributed by atoms with Gasteiger partial charge in [0.25, 0.3) is 0 Å². The Morgan fingerprint density at radius 2 is 0.714 bits per heavy atom. The molecule has 0 aliphatic heterocycles. The molecule has 0 saturated heterocycles. The number of esters is 3. The minimum Gasteiger partial charge on any atom is -0.462 e. The molecule has 0 aromatic rings. The maximum absolute atomic E-state index is 12.8. The summed E-state index contributed by atoms with van der Waals surface area (Å²) in [6, 6.07) is 0. The lowest BCUT2D eigenvalue weighted by Crippen LogP contribution is -2.30. The smallest absolute Gasteiger partial charge is 0.306 e. The standard InChI is InChI=1S/C57H94O6/c1-4-7-10-13-16-19-22-25-27-28-30-32-35-38-41-44-47-50-56(59)62-53-54(52-61-55(58)49-46-43-40-37-34-31-24-21-18-15-12-9-6-3)63-57(60)51-48-45-42-39-36-33-29-26-23-20-17-14-11-8-5-2/h8,11,14,17,20,23,25-27,29,31,33-34,36,40,43,54H,4-7,9-10,12-13,15-16,18-19,21-22,24,28,30,32,35,37-39,41-42,44-53H2,1-3H3/b11-8-,17-14-,23-20-,27-25-,29-26-,34-31-,36-33-,43-40-. The zero-order valence-electron chi connectivity index (χ0n) is 40.8. The number of carbonyl (C=O) groups is 3. The summed E-state index contributed by atoms with van der Waals surface area (Å²) in [6.45, 7) is 6.38. The average molecular weight is 875 g/mol. The highest BCUT2D eigenvalue weighted by Gasteiger charge is 2.19. The lowest BCUT2D eigenvalue weighted by atomic mass is 10.1. The molecule has 0 radical (unpaired) electrons. The molecule has 6 heteroatoms. The molecule has 0 saturated carbocycles. The van der Waals surface area contributed by atoms with E-state index in [-0.39, 0.29) is 44.0 Å². The van der Waals surface area contributed by atoms with Gasteiger partial charge in [0.15, 0.2) is 6.10 Å². The summed E-state index contributed by atoms with van der Waals surface area (Å²) >= 11 is 0. The highest BCUT2D eigenvalue weighted by molar-refractivity contribution is 5.71. The zero-order valence-corrected chi connectivity index (χ0v) is 40.8. The number of ether oxygens (including phenoxy) is 3. The van der Waals surface area contributed by atoms with E-state index in [1.165, 1.54) is 116 Å². The Morgan fingerprint density at radius 1 is 0.349 bits per heavy atom. The Hall–Kier alpha value is -3.67. The Kier molecular flexibility index (Phi) is 48.0. The van der Waals surface area contributed by atoms with Gasteiger partial charge in [0.05, 0.1) is 0 Å². The van der Waals surface area contributed by atoms with Gasteiger partial charge in [-0.25, -0.2) is 0 Å². The van der Waals surface area contributed by atoms with Crippen LogP contribution in [0.1, 0.15) is 226 Å². The van der Waals surface area contributed by atoms with Crippen LogP contribution in [0.2, 0.25) is 0 Å². The molecular weight excluding hydrogens is 781 g/mol. The average Bonchev–Trinajstić information content (AvgIpc) is 3.28. The van der Waals surface area contributed by atoms with Crippen molar-refractivity contribution in [1.82, 2.24) is 0 Å². The monoisotopic (exact) mass is 875 g/mol. The molecule has 0 heterocycles. The lowest BCUT2D eigenvalue weighted by Gasteiger charge is -2.18. The van der Waals surface area contributed by atoms with Gasteiger partial charge in [0, 0.05) is 19.3 Å². The molecule has 358 valence electrons. The molecule has 0 rings (SSSR count). The molecule has 1 atom stereocenters. The summed E-state index contributed by atoms with van der Waals surface area (Å²) in [5, 5.41) is 0. The number of hydrogen-bond acceptors (Lipinski definition) is 6. The van der Waals surface area contributed by atoms with Crippen LogP contribution in [-0.4, -0.2) is 37.2 Å². The van der Waals surface area contributed by atoms with Crippen molar-refractivity contribution >= 4 is 17.9 Å². The molecule has 0 spiro atoms. The van der Waals surface area contributed by atoms with Crippen LogP contribution in [0.3, 0.4) is 0 Å². The summed E-state index contributed by atoms with van der Waals surface area (Å²) in [5.41, 5.74) is 0. The highest BCUT2D eigenvalue weighted by atomic mass is 16.6. The quantitative estimate of drug-likeness (QED) is 0.0199. The van der Waals surface area contributed by atoms with Crippen LogP contribution >= 0.6 is 0 Å². The number of rotatable bonds is 45. The van der Waals surface area contributed by atoms with Crippen molar-refractivity contribution in [2.24, 2.45) is 0 Å². The van der Waals surface area contributed by atoms with Crippen LogP contribution in [0.15, 0.2) is 97.2 Å². The first-order valence-electron chi connectivity index (χ1n) is 25.8. The molecule has 1 unspecified atom stereocenters. The van der Waals surface area contributed by atoms with E-state index in [4.69, 9.17) is 14.2 Å². The molecule has 6 nitrogen and oxygen atoms in total. The molecule has 0 aliphatic rings. The van der Waals surface area contributed by atoms with E-state index in [2.05, 4.69) is 63.3 Å². The molecule has 0 fully saturated rings. The van der Waals surface area contributed by atoms with Gasteiger partial charge in [-0.3, -0.25) is 14.4 Å². The fraction of sp³-hybridized carbons (Fsp3) is 0.667. The number of unbranched alkanes of at least 4 members (excludes halogenated alkanes) is 22. The van der Waals surface area contributed by atoms with Gasteiger partial charge in [0.1, 0.15) is 13.2 Å². The fourth-order valence-corrected chi connectivity index (χ4v) is 6.80. The van der Waals surface area contributed by atoms with Crippen LogP contribution < -0.4 is 0 Å². The summed E-state index contributed by atoms with van der Waals surface area (Å²) < 4.78 is 16.7.